The van der Waals surface area contributed by atoms with Gasteiger partial charge in [-0.2, -0.15) is 0 Å². The first-order valence-electron chi connectivity index (χ1n) is 4.91. The Morgan fingerprint density at radius 3 is 2.23 bits per heavy atom. The Balaban J connectivity index is 1.94. The van der Waals surface area contributed by atoms with Gasteiger partial charge in [0, 0.05) is 0 Å². The molecule has 4 heteroatoms. The molecule has 1 heterocycles. The van der Waals surface area contributed by atoms with Crippen molar-refractivity contribution in [1.82, 2.24) is 0 Å². The highest BCUT2D eigenvalue weighted by molar-refractivity contribution is 4.90. The Labute approximate surface area is 78.3 Å². The molecule has 0 aromatic carbocycles. The zero-order chi connectivity index (χ0) is 9.15. The van der Waals surface area contributed by atoms with E-state index in [-0.39, 0.29) is 11.8 Å². The zero-order valence-corrected chi connectivity index (χ0v) is 7.83. The van der Waals surface area contributed by atoms with Gasteiger partial charge in [0.25, 0.3) is 0 Å². The topological polar surface area (TPSA) is 53.7 Å². The molecule has 1 aliphatic carbocycles. The summed E-state index contributed by atoms with van der Waals surface area (Å²) in [5, 5.41) is 0. The fourth-order valence-electron chi connectivity index (χ4n) is 2.08. The quantitative estimate of drug-likeness (QED) is 0.664. The number of ether oxygens (including phenoxy) is 3. The third kappa shape index (κ3) is 2.02. The summed E-state index contributed by atoms with van der Waals surface area (Å²) in [5.74, 6) is 0. The minimum Gasteiger partial charge on any atom is -0.329 e. The SMILES string of the molecule is NC1(C2OCOCO2)CCCCC1. The van der Waals surface area contributed by atoms with E-state index < -0.39 is 0 Å². The van der Waals surface area contributed by atoms with Gasteiger partial charge in [-0.05, 0) is 12.8 Å². The van der Waals surface area contributed by atoms with Crippen LogP contribution in [0, 0.1) is 0 Å². The van der Waals surface area contributed by atoms with E-state index in [1.165, 1.54) is 19.3 Å². The van der Waals surface area contributed by atoms with Crippen LogP contribution >= 0.6 is 0 Å². The molecule has 0 aromatic heterocycles. The highest BCUT2D eigenvalue weighted by Gasteiger charge is 2.39. The molecule has 1 saturated heterocycles. The van der Waals surface area contributed by atoms with Crippen LogP contribution in [-0.4, -0.2) is 25.4 Å². The molecule has 2 aliphatic rings. The summed E-state index contributed by atoms with van der Waals surface area (Å²) >= 11 is 0. The largest absolute Gasteiger partial charge is 0.329 e. The summed E-state index contributed by atoms with van der Waals surface area (Å²) < 4.78 is 15.6. The maximum Gasteiger partial charge on any atom is 0.181 e. The van der Waals surface area contributed by atoms with E-state index in [4.69, 9.17) is 19.9 Å². The van der Waals surface area contributed by atoms with Gasteiger partial charge >= 0.3 is 0 Å². The van der Waals surface area contributed by atoms with Gasteiger partial charge in [-0.1, -0.05) is 19.3 Å². The van der Waals surface area contributed by atoms with E-state index in [1.54, 1.807) is 0 Å². The van der Waals surface area contributed by atoms with Crippen LogP contribution in [0.2, 0.25) is 0 Å². The molecular formula is C9H17NO3. The van der Waals surface area contributed by atoms with Crippen LogP contribution in [0.5, 0.6) is 0 Å². The predicted octanol–water partition coefficient (Wildman–Crippen LogP) is 0.952. The lowest BCUT2D eigenvalue weighted by Crippen LogP contribution is -2.56. The summed E-state index contributed by atoms with van der Waals surface area (Å²) in [7, 11) is 0. The lowest BCUT2D eigenvalue weighted by Gasteiger charge is -2.40. The van der Waals surface area contributed by atoms with Crippen LogP contribution in [0.25, 0.3) is 0 Å². The molecule has 0 radical (unpaired) electrons. The highest BCUT2D eigenvalue weighted by Crippen LogP contribution is 2.31. The maximum absolute atomic E-state index is 6.23. The summed E-state index contributed by atoms with van der Waals surface area (Å²) in [4.78, 5) is 0. The minimum atomic E-state index is -0.276. The van der Waals surface area contributed by atoms with Gasteiger partial charge in [-0.25, -0.2) is 0 Å². The lowest BCUT2D eigenvalue weighted by atomic mass is 9.82. The molecule has 76 valence electrons. The number of hydrogen-bond donors (Lipinski definition) is 1. The first-order valence-corrected chi connectivity index (χ1v) is 4.91. The Bertz CT molecular complexity index is 162. The molecule has 13 heavy (non-hydrogen) atoms. The first kappa shape index (κ1) is 9.40. The molecule has 0 unspecified atom stereocenters. The van der Waals surface area contributed by atoms with Crippen LogP contribution < -0.4 is 5.73 Å². The monoisotopic (exact) mass is 187 g/mol. The highest BCUT2D eigenvalue weighted by atomic mass is 16.8. The van der Waals surface area contributed by atoms with E-state index in [0.717, 1.165) is 12.8 Å². The molecule has 0 atom stereocenters. The van der Waals surface area contributed by atoms with Gasteiger partial charge in [0.05, 0.1) is 5.54 Å². The second kappa shape index (κ2) is 3.92. The average molecular weight is 187 g/mol. The van der Waals surface area contributed by atoms with Crippen molar-refractivity contribution in [3.63, 3.8) is 0 Å². The molecule has 0 spiro atoms. The van der Waals surface area contributed by atoms with Crippen molar-refractivity contribution in [1.29, 1.82) is 0 Å². The van der Waals surface area contributed by atoms with Crippen LogP contribution in [0.1, 0.15) is 32.1 Å². The molecule has 0 bridgehead atoms. The molecule has 2 fully saturated rings. The second-order valence-electron chi connectivity index (χ2n) is 3.90. The molecule has 4 nitrogen and oxygen atoms in total. The Morgan fingerprint density at radius 2 is 1.62 bits per heavy atom. The van der Waals surface area contributed by atoms with Crippen molar-refractivity contribution in [3.05, 3.63) is 0 Å². The van der Waals surface area contributed by atoms with Crippen LogP contribution in [0.4, 0.5) is 0 Å². The molecule has 0 aromatic rings. The first-order chi connectivity index (χ1) is 6.31. The summed E-state index contributed by atoms with van der Waals surface area (Å²) in [6.07, 6.45) is 5.38. The third-order valence-electron chi connectivity index (χ3n) is 2.86. The number of nitrogens with two attached hydrogens (primary N) is 1. The van der Waals surface area contributed by atoms with Gasteiger partial charge in [-0.15, -0.1) is 0 Å². The van der Waals surface area contributed by atoms with Gasteiger partial charge in [0.1, 0.15) is 0 Å². The molecule has 0 amide bonds. The maximum atomic E-state index is 6.23. The smallest absolute Gasteiger partial charge is 0.181 e. The summed E-state index contributed by atoms with van der Waals surface area (Å²) in [5.41, 5.74) is 5.95. The minimum absolute atomic E-state index is 0.262. The van der Waals surface area contributed by atoms with Crippen LogP contribution in [-0.2, 0) is 14.2 Å². The van der Waals surface area contributed by atoms with Gasteiger partial charge < -0.3 is 19.9 Å². The summed E-state index contributed by atoms with van der Waals surface area (Å²) in [6.45, 7) is 0.618. The van der Waals surface area contributed by atoms with Crippen molar-refractivity contribution in [3.8, 4) is 0 Å². The summed E-state index contributed by atoms with van der Waals surface area (Å²) in [6, 6.07) is 0. The fraction of sp³-hybridized carbons (Fsp3) is 1.00. The Morgan fingerprint density at radius 1 is 1.00 bits per heavy atom. The van der Waals surface area contributed by atoms with E-state index >= 15 is 0 Å². The van der Waals surface area contributed by atoms with Crippen molar-refractivity contribution < 1.29 is 14.2 Å². The third-order valence-corrected chi connectivity index (χ3v) is 2.86. The van der Waals surface area contributed by atoms with Crippen molar-refractivity contribution in [2.75, 3.05) is 13.6 Å². The Kier molecular flexibility index (Phi) is 2.83. The lowest BCUT2D eigenvalue weighted by molar-refractivity contribution is -0.319. The van der Waals surface area contributed by atoms with Gasteiger partial charge in [0.15, 0.2) is 19.9 Å². The van der Waals surface area contributed by atoms with Gasteiger partial charge in [-0.3, -0.25) is 0 Å². The fourth-order valence-corrected chi connectivity index (χ4v) is 2.08. The molecule has 1 saturated carbocycles. The number of hydrogen-bond acceptors (Lipinski definition) is 4. The van der Waals surface area contributed by atoms with Gasteiger partial charge in [0.2, 0.25) is 0 Å². The predicted molar refractivity (Wildman–Crippen MR) is 46.8 cm³/mol. The van der Waals surface area contributed by atoms with Crippen molar-refractivity contribution in [2.45, 2.75) is 43.9 Å². The van der Waals surface area contributed by atoms with Crippen LogP contribution in [0.3, 0.4) is 0 Å². The molecule has 1 aliphatic heterocycles. The molecule has 2 N–H and O–H groups in total. The average Bonchev–Trinajstić information content (AvgIpc) is 2.20. The van der Waals surface area contributed by atoms with Crippen LogP contribution in [0.15, 0.2) is 0 Å². The van der Waals surface area contributed by atoms with Crippen molar-refractivity contribution in [2.24, 2.45) is 5.73 Å². The normalized spacial score (nSPS) is 30.2. The van der Waals surface area contributed by atoms with E-state index in [1.807, 2.05) is 0 Å². The Hall–Kier alpha value is -0.160. The molecule has 2 rings (SSSR count). The molecular weight excluding hydrogens is 170 g/mol. The van der Waals surface area contributed by atoms with E-state index in [0.29, 0.717) is 13.6 Å². The van der Waals surface area contributed by atoms with E-state index in [2.05, 4.69) is 0 Å². The zero-order valence-electron chi connectivity index (χ0n) is 7.83. The number of rotatable bonds is 1. The standard InChI is InChI=1S/C9H17NO3/c10-9(4-2-1-3-5-9)8-12-6-11-7-13-8/h8H,1-7,10H2. The van der Waals surface area contributed by atoms with E-state index in [9.17, 15) is 0 Å². The second-order valence-corrected chi connectivity index (χ2v) is 3.90. The van der Waals surface area contributed by atoms with Crippen molar-refractivity contribution >= 4 is 0 Å².